The van der Waals surface area contributed by atoms with E-state index in [0.717, 1.165) is 0 Å². The Bertz CT molecular complexity index is 1160. The quantitative estimate of drug-likeness (QED) is 0.265. The Balaban J connectivity index is 1.75. The zero-order valence-corrected chi connectivity index (χ0v) is 20.2. The molecule has 2 aliphatic rings. The Morgan fingerprint density at radius 3 is 2.30 bits per heavy atom. The number of rotatable bonds is 8. The molecule has 0 unspecified atom stereocenters. The Labute approximate surface area is 212 Å². The molecule has 1 heterocycles. The first kappa shape index (κ1) is 26.9. The smallest absolute Gasteiger partial charge is 0.186 e. The van der Waals surface area contributed by atoms with Crippen molar-refractivity contribution in [1.82, 2.24) is 0 Å². The van der Waals surface area contributed by atoms with Gasteiger partial charge in [-0.15, -0.1) is 0 Å². The molecule has 0 aromatic heterocycles. The van der Waals surface area contributed by atoms with E-state index in [1.54, 1.807) is 24.3 Å². The maximum atomic E-state index is 12.2. The highest BCUT2D eigenvalue weighted by atomic mass is 16.7. The molecule has 7 atom stereocenters. The summed E-state index contributed by atoms with van der Waals surface area (Å²) in [5.74, 6) is -1.03. The lowest BCUT2D eigenvalue weighted by Crippen LogP contribution is -2.59. The van der Waals surface area contributed by atoms with Gasteiger partial charge in [0.15, 0.2) is 29.3 Å². The SMILES string of the molecule is COc1cc([C@H]2c3cc(O)c(OC)cc3C=C(C=O)[C@@H]2CO[C@@H]2O[C@@H](CO)[C@H](O)[C@@H](O)[C@@H]2O)ccc1O. The van der Waals surface area contributed by atoms with Gasteiger partial charge in [0.2, 0.25) is 0 Å². The topological polar surface area (TPSA) is 175 Å². The zero-order valence-electron chi connectivity index (χ0n) is 20.2. The van der Waals surface area contributed by atoms with E-state index < -0.39 is 49.1 Å². The third-order valence-electron chi connectivity index (χ3n) is 6.86. The molecule has 1 saturated heterocycles. The van der Waals surface area contributed by atoms with Crippen molar-refractivity contribution in [2.45, 2.75) is 36.6 Å². The molecule has 1 fully saturated rings. The fourth-order valence-electron chi connectivity index (χ4n) is 4.87. The van der Waals surface area contributed by atoms with Gasteiger partial charge in [-0.25, -0.2) is 0 Å². The lowest BCUT2D eigenvalue weighted by Gasteiger charge is -2.41. The molecule has 37 heavy (non-hydrogen) atoms. The minimum atomic E-state index is -1.62. The molecule has 0 radical (unpaired) electrons. The van der Waals surface area contributed by atoms with Gasteiger partial charge in [-0.1, -0.05) is 6.07 Å². The van der Waals surface area contributed by atoms with E-state index in [2.05, 4.69) is 0 Å². The molecule has 0 spiro atoms. The van der Waals surface area contributed by atoms with Gasteiger partial charge in [0.1, 0.15) is 30.7 Å². The molecular formula is C26H30O11. The number of benzene rings is 2. The molecule has 0 amide bonds. The predicted octanol–water partition coefficient (Wildman–Crippen LogP) is 0.275. The normalized spacial score (nSPS) is 29.2. The molecule has 11 heteroatoms. The van der Waals surface area contributed by atoms with Crippen molar-refractivity contribution in [3.8, 4) is 23.0 Å². The van der Waals surface area contributed by atoms with Crippen LogP contribution in [0.4, 0.5) is 0 Å². The second kappa shape index (κ2) is 11.1. The molecule has 4 rings (SSSR count). The highest BCUT2D eigenvalue weighted by Gasteiger charge is 2.45. The Kier molecular flexibility index (Phi) is 8.02. The van der Waals surface area contributed by atoms with Crippen molar-refractivity contribution < 1.29 is 54.4 Å². The maximum Gasteiger partial charge on any atom is 0.186 e. The lowest BCUT2D eigenvalue weighted by molar-refractivity contribution is -0.302. The molecule has 11 nitrogen and oxygen atoms in total. The summed E-state index contributed by atoms with van der Waals surface area (Å²) in [6.07, 6.45) is -5.01. The summed E-state index contributed by atoms with van der Waals surface area (Å²) in [6, 6.07) is 7.85. The average molecular weight is 519 g/mol. The van der Waals surface area contributed by atoms with E-state index in [1.165, 1.54) is 26.4 Å². The molecule has 200 valence electrons. The van der Waals surface area contributed by atoms with Crippen LogP contribution < -0.4 is 9.47 Å². The van der Waals surface area contributed by atoms with Crippen LogP contribution in [-0.2, 0) is 14.3 Å². The molecule has 0 bridgehead atoms. The summed E-state index contributed by atoms with van der Waals surface area (Å²) in [7, 11) is 2.81. The van der Waals surface area contributed by atoms with Gasteiger partial charge in [-0.05, 0) is 52.6 Å². The van der Waals surface area contributed by atoms with E-state index in [-0.39, 0.29) is 29.6 Å². The van der Waals surface area contributed by atoms with Crippen LogP contribution in [0.25, 0.3) is 6.08 Å². The molecule has 0 saturated carbocycles. The number of aldehydes is 1. The monoisotopic (exact) mass is 518 g/mol. The van der Waals surface area contributed by atoms with Crippen LogP contribution in [-0.4, -0.2) is 95.1 Å². The first-order chi connectivity index (χ1) is 17.7. The van der Waals surface area contributed by atoms with E-state index in [9.17, 15) is 35.4 Å². The van der Waals surface area contributed by atoms with Crippen LogP contribution in [0.2, 0.25) is 0 Å². The summed E-state index contributed by atoms with van der Waals surface area (Å²) in [4.78, 5) is 12.2. The van der Waals surface area contributed by atoms with Crippen LogP contribution >= 0.6 is 0 Å². The Morgan fingerprint density at radius 1 is 0.946 bits per heavy atom. The number of aliphatic hydroxyl groups excluding tert-OH is 4. The maximum absolute atomic E-state index is 12.2. The number of phenolic OH excluding ortho intramolecular Hbond substituents is 2. The van der Waals surface area contributed by atoms with E-state index in [4.69, 9.17) is 18.9 Å². The highest BCUT2D eigenvalue weighted by Crippen LogP contribution is 2.47. The van der Waals surface area contributed by atoms with Crippen LogP contribution in [0, 0.1) is 5.92 Å². The van der Waals surface area contributed by atoms with Gasteiger partial charge in [0.25, 0.3) is 0 Å². The van der Waals surface area contributed by atoms with E-state index >= 15 is 0 Å². The van der Waals surface area contributed by atoms with Crippen molar-refractivity contribution >= 4 is 12.4 Å². The van der Waals surface area contributed by atoms with Gasteiger partial charge in [-0.3, -0.25) is 4.79 Å². The number of aromatic hydroxyl groups is 2. The van der Waals surface area contributed by atoms with Crippen LogP contribution in [0.15, 0.2) is 35.9 Å². The lowest BCUT2D eigenvalue weighted by atomic mass is 9.72. The molecule has 2 aromatic carbocycles. The summed E-state index contributed by atoms with van der Waals surface area (Å²) in [6.45, 7) is -0.800. The largest absolute Gasteiger partial charge is 0.504 e. The summed E-state index contributed by atoms with van der Waals surface area (Å²) in [5, 5.41) is 60.7. The first-order valence-electron chi connectivity index (χ1n) is 11.6. The number of phenols is 2. The van der Waals surface area contributed by atoms with Gasteiger partial charge in [0, 0.05) is 11.8 Å². The number of aliphatic hydroxyl groups is 4. The molecular weight excluding hydrogens is 488 g/mol. The van der Waals surface area contributed by atoms with Crippen LogP contribution in [0.1, 0.15) is 22.6 Å². The summed E-state index contributed by atoms with van der Waals surface area (Å²) in [5.41, 5.74) is 2.23. The second-order valence-corrected chi connectivity index (χ2v) is 8.96. The van der Waals surface area contributed by atoms with E-state index in [0.29, 0.717) is 28.5 Å². The minimum Gasteiger partial charge on any atom is -0.504 e. The van der Waals surface area contributed by atoms with Gasteiger partial charge in [0.05, 0.1) is 27.4 Å². The van der Waals surface area contributed by atoms with E-state index in [1.807, 2.05) is 0 Å². The van der Waals surface area contributed by atoms with Gasteiger partial charge >= 0.3 is 0 Å². The van der Waals surface area contributed by atoms with Crippen molar-refractivity contribution in [3.05, 3.63) is 52.6 Å². The fraction of sp³-hybridized carbons (Fsp3) is 0.423. The third kappa shape index (κ3) is 5.01. The summed E-state index contributed by atoms with van der Waals surface area (Å²) >= 11 is 0. The van der Waals surface area contributed by atoms with Crippen molar-refractivity contribution in [2.75, 3.05) is 27.4 Å². The van der Waals surface area contributed by atoms with Crippen molar-refractivity contribution in [3.63, 3.8) is 0 Å². The number of ether oxygens (including phenoxy) is 4. The molecule has 1 aliphatic heterocycles. The summed E-state index contributed by atoms with van der Waals surface area (Å²) < 4.78 is 21.8. The van der Waals surface area contributed by atoms with Crippen molar-refractivity contribution in [1.29, 1.82) is 0 Å². The number of carbonyl (C=O) groups excluding carboxylic acids is 1. The van der Waals surface area contributed by atoms with Gasteiger partial charge in [-0.2, -0.15) is 0 Å². The van der Waals surface area contributed by atoms with Gasteiger partial charge < -0.3 is 49.6 Å². The Hall–Kier alpha value is -3.19. The van der Waals surface area contributed by atoms with Crippen LogP contribution in [0.5, 0.6) is 23.0 Å². The Morgan fingerprint density at radius 2 is 1.65 bits per heavy atom. The number of carbonyl (C=O) groups is 1. The molecule has 2 aromatic rings. The third-order valence-corrected chi connectivity index (χ3v) is 6.86. The first-order valence-corrected chi connectivity index (χ1v) is 11.6. The number of methoxy groups -OCH3 is 2. The number of hydrogen-bond acceptors (Lipinski definition) is 11. The predicted molar refractivity (Wildman–Crippen MR) is 128 cm³/mol. The second-order valence-electron chi connectivity index (χ2n) is 8.96. The van der Waals surface area contributed by atoms with Crippen LogP contribution in [0.3, 0.4) is 0 Å². The standard InChI is InChI=1S/C26H30O11/c1-34-19-6-12(3-4-17(19)29)22-15-8-18(30)20(35-2)7-13(15)5-14(9-27)16(22)11-36-26-25(33)24(32)23(31)21(10-28)37-26/h3-9,16,21-26,28-33H,10-11H2,1-2H3/t16-,21-,22-,23-,24+,25-,26+/m0/s1. The zero-order chi connectivity index (χ0) is 26.9. The number of fused-ring (bicyclic) bond motifs is 1. The number of hydrogen-bond donors (Lipinski definition) is 6. The minimum absolute atomic E-state index is 0.0832. The fourth-order valence-corrected chi connectivity index (χ4v) is 4.87. The molecule has 6 N–H and O–H groups in total. The molecule has 1 aliphatic carbocycles. The average Bonchev–Trinajstić information content (AvgIpc) is 2.90. The highest BCUT2D eigenvalue weighted by molar-refractivity contribution is 5.86. The van der Waals surface area contributed by atoms with Crippen molar-refractivity contribution in [2.24, 2.45) is 5.92 Å².